The van der Waals surface area contributed by atoms with E-state index in [0.29, 0.717) is 0 Å². The van der Waals surface area contributed by atoms with Crippen molar-refractivity contribution >= 4 is 18.8 Å². The maximum absolute atomic E-state index is 10.7. The van der Waals surface area contributed by atoms with E-state index in [1.54, 1.807) is 0 Å². The molecule has 4 rings (SSSR count). The van der Waals surface area contributed by atoms with Crippen molar-refractivity contribution in [3.8, 4) is 22.5 Å². The summed E-state index contributed by atoms with van der Waals surface area (Å²) >= 11 is 0. The Morgan fingerprint density at radius 3 is 1.60 bits per heavy atom. The second-order valence-corrected chi connectivity index (χ2v) is 8.46. The Morgan fingerprint density at radius 1 is 0.633 bits per heavy atom. The summed E-state index contributed by atoms with van der Waals surface area (Å²) in [5.74, 6) is 0. The van der Waals surface area contributed by atoms with E-state index in [1.807, 2.05) is 18.2 Å². The summed E-state index contributed by atoms with van der Waals surface area (Å²) in [6.07, 6.45) is 0. The number of aromatic nitrogens is 2. The molecule has 0 amide bonds. The van der Waals surface area contributed by atoms with Crippen LogP contribution in [-0.4, -0.2) is 4.98 Å². The summed E-state index contributed by atoms with van der Waals surface area (Å²) in [6, 6.07) is 29.1. The molecule has 30 heavy (non-hydrogen) atoms. The third kappa shape index (κ3) is 6.26. The summed E-state index contributed by atoms with van der Waals surface area (Å²) in [5, 5.41) is 0. The van der Waals surface area contributed by atoms with Gasteiger partial charge in [-0.1, -0.05) is 60.7 Å². The number of nitrogens with zero attached hydrogens (tertiary/aromatic N) is 2. The molecule has 0 fully saturated rings. The first kappa shape index (κ1) is 21.7. The Hall–Kier alpha value is -2.99. The molecule has 0 saturated carbocycles. The molecule has 4 aromatic rings. The van der Waals surface area contributed by atoms with Crippen molar-refractivity contribution < 1.29 is 29.7 Å². The molecule has 0 saturated heterocycles. The Bertz CT molecular complexity index is 1170. The molecule has 158 valence electrons. The molecule has 1 heterocycles. The van der Waals surface area contributed by atoms with E-state index in [9.17, 15) is 25.2 Å². The van der Waals surface area contributed by atoms with Gasteiger partial charge in [0.25, 0.3) is 0 Å². The Morgan fingerprint density at radius 2 is 1.07 bits per heavy atom. The Balaban J connectivity index is 0.000000318. The van der Waals surface area contributed by atoms with Crippen LogP contribution in [0.2, 0.25) is 0 Å². The Kier molecular flexibility index (Phi) is 5.11. The number of hydrogen-bond acceptors (Lipinski definition) is 1. The van der Waals surface area contributed by atoms with E-state index in [4.69, 9.17) is 4.98 Å². The van der Waals surface area contributed by atoms with Crippen molar-refractivity contribution in [2.75, 3.05) is 0 Å². The third-order valence-corrected chi connectivity index (χ3v) is 4.13. The van der Waals surface area contributed by atoms with Crippen LogP contribution in [0.5, 0.6) is 0 Å². The second-order valence-electron chi connectivity index (χ2n) is 6.55. The summed E-state index contributed by atoms with van der Waals surface area (Å²) in [4.78, 5) is 4.96. The summed E-state index contributed by atoms with van der Waals surface area (Å²) < 4.78 is 61.4. The molecule has 3 aromatic carbocycles. The van der Waals surface area contributed by atoms with Crippen molar-refractivity contribution in [1.82, 2.24) is 4.98 Å². The van der Waals surface area contributed by atoms with E-state index in [0.717, 1.165) is 28.0 Å². The molecular formula is C21H17F6N2P. The van der Waals surface area contributed by atoms with E-state index >= 15 is 0 Å². The molecule has 0 spiro atoms. The molecule has 0 aliphatic rings. The standard InChI is InChI=1S/C21H17N2.F6P/c1-23-19-15-9-8-14-18(19)22-20(16-10-4-2-5-11-16)21(23)17-12-6-3-7-13-17;1-7(2,3,4,5)6/h2-15H,1H3;/q+1;-1. The third-order valence-electron chi connectivity index (χ3n) is 4.13. The predicted octanol–water partition coefficient (Wildman–Crippen LogP) is 7.78. The monoisotopic (exact) mass is 442 g/mol. The first-order valence-corrected chi connectivity index (χ1v) is 10.8. The first-order chi connectivity index (χ1) is 13.8. The number of fused-ring (bicyclic) bond motifs is 1. The van der Waals surface area contributed by atoms with Crippen LogP contribution < -0.4 is 4.57 Å². The van der Waals surface area contributed by atoms with E-state index in [1.165, 1.54) is 5.56 Å². The minimum absolute atomic E-state index is 1.01. The van der Waals surface area contributed by atoms with Gasteiger partial charge >= 0.3 is 33.0 Å². The van der Waals surface area contributed by atoms with Crippen LogP contribution in [0.1, 0.15) is 0 Å². The summed E-state index contributed by atoms with van der Waals surface area (Å²) in [6.45, 7) is 0. The van der Waals surface area contributed by atoms with Gasteiger partial charge in [0.1, 0.15) is 18.3 Å². The normalized spacial score (nSPS) is 13.7. The molecule has 0 radical (unpaired) electrons. The zero-order valence-electron chi connectivity index (χ0n) is 15.7. The number of hydrogen-bond donors (Lipinski definition) is 0. The molecule has 0 N–H and O–H groups in total. The number of para-hydroxylation sites is 2. The summed E-state index contributed by atoms with van der Waals surface area (Å²) in [5.41, 5.74) is 6.59. The number of aryl methyl sites for hydroxylation is 1. The van der Waals surface area contributed by atoms with Gasteiger partial charge in [0.2, 0.25) is 11.2 Å². The van der Waals surface area contributed by atoms with Gasteiger partial charge in [0.05, 0.1) is 0 Å². The molecule has 1 aromatic heterocycles. The molecule has 0 atom stereocenters. The SMILES string of the molecule is C[n+]1c(-c2ccccc2)c(-c2ccccc2)nc2ccccc21.F[P-](F)(F)(F)(F)F. The minimum atomic E-state index is -10.7. The molecule has 0 unspecified atom stereocenters. The van der Waals surface area contributed by atoms with Crippen molar-refractivity contribution in [2.24, 2.45) is 7.05 Å². The van der Waals surface area contributed by atoms with Crippen LogP contribution in [0.4, 0.5) is 25.2 Å². The molecule has 0 aliphatic carbocycles. The number of halogens is 6. The van der Waals surface area contributed by atoms with Crippen molar-refractivity contribution in [2.45, 2.75) is 0 Å². The van der Waals surface area contributed by atoms with Crippen molar-refractivity contribution in [1.29, 1.82) is 0 Å². The average Bonchev–Trinajstić information content (AvgIpc) is 2.67. The fourth-order valence-electron chi connectivity index (χ4n) is 3.02. The second kappa shape index (κ2) is 7.06. The fraction of sp³-hybridized carbons (Fsp3) is 0.0476. The number of benzene rings is 3. The van der Waals surface area contributed by atoms with Gasteiger partial charge in [-0.3, -0.25) is 0 Å². The average molecular weight is 442 g/mol. The van der Waals surface area contributed by atoms with Crippen LogP contribution in [0.25, 0.3) is 33.5 Å². The summed E-state index contributed by atoms with van der Waals surface area (Å²) in [7, 11) is -8.55. The molecular weight excluding hydrogens is 425 g/mol. The maximum atomic E-state index is 9.87. The van der Waals surface area contributed by atoms with Crippen LogP contribution >= 0.6 is 7.81 Å². The fourth-order valence-corrected chi connectivity index (χ4v) is 3.02. The van der Waals surface area contributed by atoms with Gasteiger partial charge in [-0.2, -0.15) is 4.57 Å². The van der Waals surface area contributed by atoms with E-state index < -0.39 is 7.81 Å². The molecule has 0 aliphatic heterocycles. The number of rotatable bonds is 2. The predicted molar refractivity (Wildman–Crippen MR) is 107 cm³/mol. The van der Waals surface area contributed by atoms with E-state index in [-0.39, 0.29) is 0 Å². The van der Waals surface area contributed by atoms with Crippen molar-refractivity contribution in [3.63, 3.8) is 0 Å². The van der Waals surface area contributed by atoms with Crippen LogP contribution in [0.15, 0.2) is 84.9 Å². The van der Waals surface area contributed by atoms with Gasteiger partial charge in [-0.15, -0.1) is 0 Å². The zero-order valence-corrected chi connectivity index (χ0v) is 16.6. The van der Waals surface area contributed by atoms with Gasteiger partial charge in [0.15, 0.2) is 0 Å². The van der Waals surface area contributed by atoms with Crippen molar-refractivity contribution in [3.05, 3.63) is 84.9 Å². The Labute approximate surface area is 168 Å². The van der Waals surface area contributed by atoms with Gasteiger partial charge in [-0.25, -0.2) is 4.98 Å². The molecule has 0 bridgehead atoms. The van der Waals surface area contributed by atoms with Gasteiger partial charge in [0, 0.05) is 17.2 Å². The quantitative estimate of drug-likeness (QED) is 0.176. The van der Waals surface area contributed by atoms with Gasteiger partial charge in [-0.05, 0) is 18.2 Å². The van der Waals surface area contributed by atoms with Crippen LogP contribution in [-0.2, 0) is 7.05 Å². The molecule has 2 nitrogen and oxygen atoms in total. The van der Waals surface area contributed by atoms with Gasteiger partial charge < -0.3 is 0 Å². The van der Waals surface area contributed by atoms with Crippen LogP contribution in [0, 0.1) is 0 Å². The van der Waals surface area contributed by atoms with Crippen LogP contribution in [0.3, 0.4) is 0 Å². The molecule has 9 heteroatoms. The topological polar surface area (TPSA) is 16.8 Å². The first-order valence-electron chi connectivity index (χ1n) is 8.75. The van der Waals surface area contributed by atoms with E-state index in [2.05, 4.69) is 78.3 Å². The zero-order chi connectivity index (χ0) is 22.1.